The van der Waals surface area contributed by atoms with Crippen LogP contribution in [0.15, 0.2) is 16.6 Å². The van der Waals surface area contributed by atoms with Gasteiger partial charge in [0.15, 0.2) is 5.78 Å². The summed E-state index contributed by atoms with van der Waals surface area (Å²) in [6.45, 7) is 1.55. The van der Waals surface area contributed by atoms with Crippen molar-refractivity contribution in [1.29, 1.82) is 0 Å². The van der Waals surface area contributed by atoms with E-state index in [1.165, 1.54) is 6.07 Å². The van der Waals surface area contributed by atoms with Gasteiger partial charge in [-0.05, 0) is 24.6 Å². The molecule has 0 saturated heterocycles. The van der Waals surface area contributed by atoms with Crippen LogP contribution in [0.2, 0.25) is 0 Å². The molecule has 0 spiro atoms. The molecule has 1 aromatic rings. The smallest absolute Gasteiger partial charge is 0.407 e. The van der Waals surface area contributed by atoms with Crippen molar-refractivity contribution < 1.29 is 35.9 Å². The van der Waals surface area contributed by atoms with E-state index in [0.717, 1.165) is 13.2 Å². The van der Waals surface area contributed by atoms with Crippen LogP contribution in [0.1, 0.15) is 15.9 Å². The van der Waals surface area contributed by atoms with Gasteiger partial charge in [0.05, 0.1) is 12.7 Å². The molecule has 0 saturated carbocycles. The van der Waals surface area contributed by atoms with Crippen LogP contribution < -0.4 is 4.74 Å². The lowest BCUT2D eigenvalue weighted by Crippen LogP contribution is -2.42. The molecule has 0 amide bonds. The van der Waals surface area contributed by atoms with Gasteiger partial charge in [0.1, 0.15) is 5.75 Å². The predicted molar refractivity (Wildman–Crippen MR) is 65.4 cm³/mol. The highest BCUT2D eigenvalue weighted by Crippen LogP contribution is 2.42. The fraction of sp³-hybridized carbons (Fsp3) is 0.417. The Labute approximate surface area is 124 Å². The molecule has 0 bridgehead atoms. The summed E-state index contributed by atoms with van der Waals surface area (Å²) in [5.74, 6) is -6.54. The molecule has 21 heavy (non-hydrogen) atoms. The molecule has 0 N–H and O–H groups in total. The lowest BCUT2D eigenvalue weighted by atomic mass is 9.95. The first-order valence-electron chi connectivity index (χ1n) is 5.41. The number of halogens is 7. The summed E-state index contributed by atoms with van der Waals surface area (Å²) >= 11 is 2.96. The molecular formula is C12H9BrF6O2. The minimum absolute atomic E-state index is 0.203. The van der Waals surface area contributed by atoms with E-state index in [2.05, 4.69) is 15.9 Å². The number of ether oxygens (including phenoxy) is 1. The van der Waals surface area contributed by atoms with Gasteiger partial charge in [0.25, 0.3) is 0 Å². The molecule has 2 nitrogen and oxygen atoms in total. The number of carbonyl (C=O) groups is 1. The normalized spacial score (nSPS) is 12.7. The first-order valence-corrected chi connectivity index (χ1v) is 6.20. The number of hydrogen-bond donors (Lipinski definition) is 0. The monoisotopic (exact) mass is 378 g/mol. The fourth-order valence-corrected chi connectivity index (χ4v) is 2.00. The summed E-state index contributed by atoms with van der Waals surface area (Å²) in [4.78, 5) is 11.7. The molecule has 1 aromatic carbocycles. The highest BCUT2D eigenvalue weighted by molar-refractivity contribution is 9.10. The van der Waals surface area contributed by atoms with E-state index in [9.17, 15) is 31.1 Å². The summed E-state index contributed by atoms with van der Waals surface area (Å²) in [6, 6.07) is 2.07. The van der Waals surface area contributed by atoms with Crippen LogP contribution in [-0.4, -0.2) is 25.2 Å². The van der Waals surface area contributed by atoms with E-state index < -0.39 is 29.6 Å². The maximum atomic E-state index is 12.6. The lowest BCUT2D eigenvalue weighted by Gasteiger charge is -2.22. The van der Waals surface area contributed by atoms with E-state index in [0.29, 0.717) is 5.56 Å². The van der Waals surface area contributed by atoms with Crippen molar-refractivity contribution in [3.05, 3.63) is 27.7 Å². The standard InChI is InChI=1S/C12H9BrF6O2/c1-5-3-8(21-2)6(4-7(5)13)9(20)10(11(14,15)16)12(17,18)19/h3-4,10H,1-2H3. The summed E-state index contributed by atoms with van der Waals surface area (Å²) in [6.07, 6.45) is -11.5. The van der Waals surface area contributed by atoms with Gasteiger partial charge in [-0.3, -0.25) is 4.79 Å². The maximum absolute atomic E-state index is 12.6. The van der Waals surface area contributed by atoms with Crippen LogP contribution in [-0.2, 0) is 0 Å². The number of alkyl halides is 6. The van der Waals surface area contributed by atoms with Crippen LogP contribution in [0.3, 0.4) is 0 Å². The topological polar surface area (TPSA) is 26.3 Å². The SMILES string of the molecule is COc1cc(C)c(Br)cc1C(=O)C(C(F)(F)F)C(F)(F)F. The van der Waals surface area contributed by atoms with E-state index in [1.54, 1.807) is 6.92 Å². The number of aryl methyl sites for hydroxylation is 1. The fourth-order valence-electron chi connectivity index (χ4n) is 1.65. The second-order valence-corrected chi connectivity index (χ2v) is 5.04. The number of hydrogen-bond acceptors (Lipinski definition) is 2. The molecule has 0 radical (unpaired) electrons. The van der Waals surface area contributed by atoms with E-state index in [-0.39, 0.29) is 10.2 Å². The van der Waals surface area contributed by atoms with Crippen LogP contribution in [0.25, 0.3) is 0 Å². The number of carbonyl (C=O) groups excluding carboxylic acids is 1. The zero-order valence-corrected chi connectivity index (χ0v) is 12.3. The van der Waals surface area contributed by atoms with Gasteiger partial charge in [-0.15, -0.1) is 0 Å². The van der Waals surface area contributed by atoms with E-state index in [4.69, 9.17) is 4.74 Å². The number of benzene rings is 1. The van der Waals surface area contributed by atoms with Gasteiger partial charge in [-0.1, -0.05) is 15.9 Å². The Morgan fingerprint density at radius 3 is 2.00 bits per heavy atom. The van der Waals surface area contributed by atoms with Gasteiger partial charge in [-0.25, -0.2) is 0 Å². The molecule has 0 heterocycles. The minimum Gasteiger partial charge on any atom is -0.496 e. The van der Waals surface area contributed by atoms with Crippen molar-refractivity contribution in [1.82, 2.24) is 0 Å². The van der Waals surface area contributed by atoms with Gasteiger partial charge in [0, 0.05) is 4.47 Å². The molecule has 1 rings (SSSR count). The average molecular weight is 379 g/mol. The van der Waals surface area contributed by atoms with Crippen LogP contribution in [0.5, 0.6) is 5.75 Å². The van der Waals surface area contributed by atoms with Crippen molar-refractivity contribution >= 4 is 21.7 Å². The Balaban J connectivity index is 3.44. The second-order valence-electron chi connectivity index (χ2n) is 4.18. The first kappa shape index (κ1) is 17.8. The van der Waals surface area contributed by atoms with Gasteiger partial charge in [0.2, 0.25) is 5.92 Å². The zero-order valence-electron chi connectivity index (χ0n) is 10.7. The van der Waals surface area contributed by atoms with Crippen molar-refractivity contribution in [3.63, 3.8) is 0 Å². The Morgan fingerprint density at radius 2 is 1.62 bits per heavy atom. The Morgan fingerprint density at radius 1 is 1.14 bits per heavy atom. The maximum Gasteiger partial charge on any atom is 0.407 e. The quantitative estimate of drug-likeness (QED) is 0.563. The summed E-state index contributed by atoms with van der Waals surface area (Å²) < 4.78 is 80.4. The Hall–Kier alpha value is -1.25. The molecule has 0 aliphatic heterocycles. The number of Topliss-reactive ketones (excluding diaryl/α,β-unsaturated/α-hetero) is 1. The number of rotatable bonds is 3. The largest absolute Gasteiger partial charge is 0.496 e. The van der Waals surface area contributed by atoms with Gasteiger partial charge < -0.3 is 4.74 Å². The second kappa shape index (κ2) is 5.86. The van der Waals surface area contributed by atoms with Crippen molar-refractivity contribution in [3.8, 4) is 5.75 Å². The Bertz CT molecular complexity index is 536. The van der Waals surface area contributed by atoms with Gasteiger partial charge in [-0.2, -0.15) is 26.3 Å². The highest BCUT2D eigenvalue weighted by atomic mass is 79.9. The molecule has 0 aliphatic carbocycles. The molecule has 0 atom stereocenters. The van der Waals surface area contributed by atoms with Crippen molar-refractivity contribution in [2.45, 2.75) is 19.3 Å². The molecule has 118 valence electrons. The third kappa shape index (κ3) is 3.90. The molecule has 9 heteroatoms. The van der Waals surface area contributed by atoms with E-state index in [1.807, 2.05) is 0 Å². The van der Waals surface area contributed by atoms with Crippen molar-refractivity contribution in [2.75, 3.05) is 7.11 Å². The lowest BCUT2D eigenvalue weighted by molar-refractivity contribution is -0.264. The third-order valence-corrected chi connectivity index (χ3v) is 3.52. The molecule has 0 aliphatic rings. The molecule has 0 fully saturated rings. The molecule has 0 aromatic heterocycles. The summed E-state index contributed by atoms with van der Waals surface area (Å²) in [7, 11) is 1.05. The summed E-state index contributed by atoms with van der Waals surface area (Å²) in [5, 5.41) is 0. The average Bonchev–Trinajstić information content (AvgIpc) is 2.28. The number of ketones is 1. The number of methoxy groups -OCH3 is 1. The van der Waals surface area contributed by atoms with Crippen molar-refractivity contribution in [2.24, 2.45) is 5.92 Å². The predicted octanol–water partition coefficient (Wildman–Crippen LogP) is 4.69. The highest BCUT2D eigenvalue weighted by Gasteiger charge is 2.61. The minimum atomic E-state index is -5.74. The molecular weight excluding hydrogens is 370 g/mol. The first-order chi connectivity index (χ1) is 9.39. The Kier molecular flexibility index (Phi) is 4.97. The van der Waals surface area contributed by atoms with Crippen LogP contribution in [0.4, 0.5) is 26.3 Å². The van der Waals surface area contributed by atoms with E-state index >= 15 is 0 Å². The molecule has 0 unspecified atom stereocenters. The zero-order chi connectivity index (χ0) is 16.6. The van der Waals surface area contributed by atoms with Crippen LogP contribution in [0, 0.1) is 12.8 Å². The third-order valence-electron chi connectivity index (χ3n) is 2.66. The van der Waals surface area contributed by atoms with Gasteiger partial charge >= 0.3 is 12.4 Å². The van der Waals surface area contributed by atoms with Crippen LogP contribution >= 0.6 is 15.9 Å². The summed E-state index contributed by atoms with van der Waals surface area (Å²) in [5.41, 5.74) is -0.284.